The molecule has 0 N–H and O–H groups in total. The van der Waals surface area contributed by atoms with Crippen LogP contribution in [0.25, 0.3) is 0 Å². The maximum absolute atomic E-state index is 15.4. The number of alkyl halides is 10. The summed E-state index contributed by atoms with van der Waals surface area (Å²) in [7, 11) is 0. The third-order valence-corrected chi connectivity index (χ3v) is 16.9. The zero-order chi connectivity index (χ0) is 30.4. The Morgan fingerprint density at radius 1 is 0.487 bits per heavy atom. The van der Waals surface area contributed by atoms with Crippen LogP contribution in [0.1, 0.15) is 118 Å². The van der Waals surface area contributed by atoms with Crippen molar-refractivity contribution >= 4 is 19.2 Å². The monoisotopic (exact) mass is 700 g/mol. The first-order chi connectivity index (χ1) is 18.0. The van der Waals surface area contributed by atoms with Gasteiger partial charge in [-0.1, -0.05) is 0 Å². The van der Waals surface area contributed by atoms with Crippen molar-refractivity contribution < 1.29 is 50.1 Å². The molecule has 0 amide bonds. The van der Waals surface area contributed by atoms with E-state index in [0.717, 1.165) is 51.4 Å². The average Bonchev–Trinajstić information content (AvgIpc) is 2.85. The molecule has 0 saturated heterocycles. The molecule has 0 rings (SSSR count). The summed E-state index contributed by atoms with van der Waals surface area (Å²) < 4.78 is 144. The Morgan fingerprint density at radius 2 is 0.744 bits per heavy atom. The van der Waals surface area contributed by atoms with Gasteiger partial charge in [0.15, 0.2) is 0 Å². The van der Waals surface area contributed by atoms with E-state index in [-0.39, 0.29) is 39.5 Å². The molecule has 0 aromatic carbocycles. The summed E-state index contributed by atoms with van der Waals surface area (Å²) in [5, 5.41) is 0. The first-order valence-electron chi connectivity index (χ1n) is 14.1. The normalized spacial score (nSPS) is 15.5. The van der Waals surface area contributed by atoms with Gasteiger partial charge in [0.1, 0.15) is 0 Å². The standard InChI is InChI=1S/2C9H19O.2C4H4F5.Sn/c2*1-2-3-4-5-6-7-8-9-10;2*1-2(5)4(8,9)3(6)7;/h2*2-9H2,1H3;2*2H,1H3;/q2*-1;;;+2. The van der Waals surface area contributed by atoms with E-state index in [1.165, 1.54) is 0 Å². The molecule has 0 aliphatic carbocycles. The van der Waals surface area contributed by atoms with E-state index in [9.17, 15) is 26.3 Å². The molecule has 2 atom stereocenters. The number of unbranched alkanes of at least 4 members (excludes halogenated alkanes) is 12. The Labute approximate surface area is 231 Å². The molecule has 0 spiro atoms. The van der Waals surface area contributed by atoms with Crippen LogP contribution < -0.4 is 0 Å². The van der Waals surface area contributed by atoms with Gasteiger partial charge in [-0.3, -0.25) is 0 Å². The van der Waals surface area contributed by atoms with Gasteiger partial charge >= 0.3 is 232 Å². The SMILES string of the molecule is CCCCCCCCC[O][Sn]([O]CCCCCCCCC)([C](F)(F)C(F)(F)C(C)F)[C](F)(F)C(F)(F)C(C)F. The van der Waals surface area contributed by atoms with Gasteiger partial charge in [-0.2, -0.15) is 0 Å². The molecular formula is C26H46F10O2Sn. The second kappa shape index (κ2) is 17.9. The van der Waals surface area contributed by atoms with Crippen LogP contribution in [0.4, 0.5) is 43.9 Å². The first-order valence-corrected chi connectivity index (χ1v) is 19.3. The van der Waals surface area contributed by atoms with Crippen LogP contribution in [0.5, 0.6) is 0 Å². The van der Waals surface area contributed by atoms with E-state index < -0.39 is 64.5 Å². The van der Waals surface area contributed by atoms with Crippen molar-refractivity contribution in [3.63, 3.8) is 0 Å². The van der Waals surface area contributed by atoms with Crippen molar-refractivity contribution in [3.05, 3.63) is 0 Å². The zero-order valence-electron chi connectivity index (χ0n) is 23.6. The molecule has 236 valence electrons. The predicted octanol–water partition coefficient (Wildman–Crippen LogP) is 10.3. The van der Waals surface area contributed by atoms with Gasteiger partial charge in [0.2, 0.25) is 0 Å². The van der Waals surface area contributed by atoms with Crippen LogP contribution in [0, 0.1) is 0 Å². The van der Waals surface area contributed by atoms with Crippen LogP contribution in [-0.4, -0.2) is 64.5 Å². The summed E-state index contributed by atoms with van der Waals surface area (Å²) >= 11 is -8.54. The summed E-state index contributed by atoms with van der Waals surface area (Å²) in [6, 6.07) is 0. The minimum absolute atomic E-state index is 0.00517. The van der Waals surface area contributed by atoms with Crippen LogP contribution in [0.15, 0.2) is 0 Å². The van der Waals surface area contributed by atoms with Gasteiger partial charge in [0.05, 0.1) is 0 Å². The molecule has 0 saturated carbocycles. The average molecular weight is 699 g/mol. The fourth-order valence-electron chi connectivity index (χ4n) is 4.09. The van der Waals surface area contributed by atoms with Crippen molar-refractivity contribution in [3.8, 4) is 0 Å². The number of rotatable bonds is 24. The van der Waals surface area contributed by atoms with Crippen molar-refractivity contribution in [1.29, 1.82) is 0 Å². The van der Waals surface area contributed by atoms with Gasteiger partial charge in [0.25, 0.3) is 0 Å². The predicted molar refractivity (Wildman–Crippen MR) is 135 cm³/mol. The van der Waals surface area contributed by atoms with Gasteiger partial charge in [-0.25, -0.2) is 0 Å². The third-order valence-electron chi connectivity index (χ3n) is 6.77. The Morgan fingerprint density at radius 3 is 1.00 bits per heavy atom. The molecule has 0 aliphatic rings. The second-order valence-corrected chi connectivity index (χ2v) is 18.9. The maximum atomic E-state index is 15.4. The molecule has 0 radical (unpaired) electrons. The van der Waals surface area contributed by atoms with Crippen LogP contribution in [0.3, 0.4) is 0 Å². The molecule has 0 bridgehead atoms. The molecule has 39 heavy (non-hydrogen) atoms. The molecule has 0 aliphatic heterocycles. The fraction of sp³-hybridized carbons (Fsp3) is 1.00. The summed E-state index contributed by atoms with van der Waals surface area (Å²) in [6.07, 6.45) is 0.859. The molecule has 0 aromatic heterocycles. The third kappa shape index (κ3) is 10.1. The molecule has 2 nitrogen and oxygen atoms in total. The van der Waals surface area contributed by atoms with Crippen LogP contribution in [-0.2, 0) is 6.15 Å². The van der Waals surface area contributed by atoms with E-state index in [4.69, 9.17) is 6.15 Å². The van der Waals surface area contributed by atoms with Crippen molar-refractivity contribution in [2.24, 2.45) is 0 Å². The van der Waals surface area contributed by atoms with E-state index in [0.29, 0.717) is 12.8 Å². The summed E-state index contributed by atoms with van der Waals surface area (Å²) in [5.74, 6) is -11.6. The first kappa shape index (κ1) is 39.0. The van der Waals surface area contributed by atoms with Crippen molar-refractivity contribution in [1.82, 2.24) is 0 Å². The van der Waals surface area contributed by atoms with E-state index >= 15 is 17.6 Å². The zero-order valence-corrected chi connectivity index (χ0v) is 26.4. The molecule has 2 unspecified atom stereocenters. The Hall–Kier alpha value is 0.0187. The number of halogens is 10. The van der Waals surface area contributed by atoms with E-state index in [2.05, 4.69) is 0 Å². The molecule has 0 heterocycles. The van der Waals surface area contributed by atoms with Gasteiger partial charge in [0, 0.05) is 0 Å². The topological polar surface area (TPSA) is 18.5 Å². The van der Waals surface area contributed by atoms with Crippen LogP contribution >= 0.6 is 0 Å². The summed E-state index contributed by atoms with van der Waals surface area (Å²) in [4.78, 5) is 0. The summed E-state index contributed by atoms with van der Waals surface area (Å²) in [5.41, 5.74) is 0. The fourth-order valence-corrected chi connectivity index (χ4v) is 13.6. The van der Waals surface area contributed by atoms with Crippen LogP contribution in [0.2, 0.25) is 0 Å². The van der Waals surface area contributed by atoms with Crippen molar-refractivity contribution in [2.45, 2.75) is 150 Å². The molecule has 0 fully saturated rings. The number of hydrogen-bond acceptors (Lipinski definition) is 2. The molecule has 0 aromatic rings. The van der Waals surface area contributed by atoms with E-state index in [1.807, 2.05) is 13.8 Å². The van der Waals surface area contributed by atoms with Gasteiger partial charge in [-0.15, -0.1) is 0 Å². The Kier molecular flexibility index (Phi) is 17.9. The molecule has 13 heteroatoms. The van der Waals surface area contributed by atoms with Gasteiger partial charge < -0.3 is 0 Å². The Balaban J connectivity index is 6.18. The summed E-state index contributed by atoms with van der Waals surface area (Å²) in [6.45, 7) is 1.97. The number of hydrogen-bond donors (Lipinski definition) is 0. The van der Waals surface area contributed by atoms with Crippen molar-refractivity contribution in [2.75, 3.05) is 13.2 Å². The second-order valence-electron chi connectivity index (χ2n) is 10.2. The van der Waals surface area contributed by atoms with Gasteiger partial charge in [-0.05, 0) is 0 Å². The quantitative estimate of drug-likeness (QED) is 0.0568. The minimum atomic E-state index is -8.54. The molecular weight excluding hydrogens is 653 g/mol. The Bertz CT molecular complexity index is 594. The van der Waals surface area contributed by atoms with E-state index in [1.54, 1.807) is 0 Å².